The molecule has 0 amide bonds. The zero-order valence-corrected chi connectivity index (χ0v) is 8.10. The predicted octanol–water partition coefficient (Wildman–Crippen LogP) is 1.39. The minimum atomic E-state index is -0.0556. The molecule has 0 saturated heterocycles. The van der Waals surface area contributed by atoms with E-state index in [0.29, 0.717) is 0 Å². The first-order valence-corrected chi connectivity index (χ1v) is 3.90. The van der Waals surface area contributed by atoms with Crippen molar-refractivity contribution in [2.75, 3.05) is 0 Å². The normalized spacial score (nSPS) is 11.8. The average Bonchev–Trinajstić information content (AvgIpc) is 1.54. The van der Waals surface area contributed by atoms with Crippen LogP contribution < -0.4 is 5.73 Å². The summed E-state index contributed by atoms with van der Waals surface area (Å²) < 4.78 is 0. The molecule has 0 bridgehead atoms. The van der Waals surface area contributed by atoms with Crippen molar-refractivity contribution in [2.24, 2.45) is 5.73 Å². The number of nitrogens with one attached hydrogen (secondary N) is 1. The second kappa shape index (κ2) is 3.11. The van der Waals surface area contributed by atoms with Crippen LogP contribution >= 0.6 is 0 Å². The van der Waals surface area contributed by atoms with Crippen LogP contribution in [-0.4, -0.2) is 22.4 Å². The summed E-state index contributed by atoms with van der Waals surface area (Å²) in [4.78, 5) is 1.88. The van der Waals surface area contributed by atoms with Gasteiger partial charge in [-0.15, -0.1) is 0 Å². The van der Waals surface area contributed by atoms with Crippen molar-refractivity contribution in [1.29, 1.82) is 5.41 Å². The van der Waals surface area contributed by atoms with Gasteiger partial charge in [-0.25, -0.2) is 0 Å². The molecule has 0 heterocycles. The van der Waals surface area contributed by atoms with Gasteiger partial charge in [-0.1, -0.05) is 0 Å². The standard InChI is InChI=1S/C8H19N3/c1-6(2)11(7(9)10)8(3,4)5/h6H,1-5H3,(H3,9,10). The van der Waals surface area contributed by atoms with Gasteiger partial charge in [-0.05, 0) is 34.6 Å². The lowest BCUT2D eigenvalue weighted by Gasteiger charge is -2.39. The molecule has 0 aromatic carbocycles. The van der Waals surface area contributed by atoms with Gasteiger partial charge in [0.25, 0.3) is 0 Å². The van der Waals surface area contributed by atoms with Crippen molar-refractivity contribution in [2.45, 2.75) is 46.2 Å². The van der Waals surface area contributed by atoms with Crippen molar-refractivity contribution in [3.63, 3.8) is 0 Å². The third-order valence-corrected chi connectivity index (χ3v) is 1.50. The molecular formula is C8H19N3. The number of nitrogens with zero attached hydrogens (tertiary/aromatic N) is 1. The number of nitrogens with two attached hydrogens (primary N) is 1. The van der Waals surface area contributed by atoms with Gasteiger partial charge < -0.3 is 10.6 Å². The maximum absolute atomic E-state index is 7.34. The Morgan fingerprint density at radius 1 is 1.36 bits per heavy atom. The Kier molecular flexibility index (Phi) is 2.91. The summed E-state index contributed by atoms with van der Waals surface area (Å²) in [7, 11) is 0. The molecule has 3 nitrogen and oxygen atoms in total. The molecule has 0 aromatic rings. The number of guanidine groups is 1. The molecule has 0 rings (SSSR count). The molecule has 0 unspecified atom stereocenters. The fraction of sp³-hybridized carbons (Fsp3) is 0.875. The zero-order valence-electron chi connectivity index (χ0n) is 8.10. The van der Waals surface area contributed by atoms with E-state index in [2.05, 4.69) is 20.8 Å². The van der Waals surface area contributed by atoms with E-state index >= 15 is 0 Å². The van der Waals surface area contributed by atoms with E-state index in [1.165, 1.54) is 0 Å². The van der Waals surface area contributed by atoms with Crippen molar-refractivity contribution < 1.29 is 0 Å². The molecule has 3 heteroatoms. The Balaban J connectivity index is 4.49. The van der Waals surface area contributed by atoms with E-state index in [0.717, 1.165) is 0 Å². The highest BCUT2D eigenvalue weighted by atomic mass is 15.3. The van der Waals surface area contributed by atoms with Crippen LogP contribution in [0.3, 0.4) is 0 Å². The number of rotatable bonds is 1. The molecule has 0 fully saturated rings. The van der Waals surface area contributed by atoms with Gasteiger partial charge in [0.05, 0.1) is 0 Å². The lowest BCUT2D eigenvalue weighted by Crippen LogP contribution is -2.52. The molecule has 0 atom stereocenters. The summed E-state index contributed by atoms with van der Waals surface area (Å²) in [6.07, 6.45) is 0. The van der Waals surface area contributed by atoms with E-state index in [4.69, 9.17) is 11.1 Å². The minimum Gasteiger partial charge on any atom is -0.370 e. The molecule has 0 radical (unpaired) electrons. The highest BCUT2D eigenvalue weighted by Crippen LogP contribution is 2.15. The molecule has 0 aliphatic heterocycles. The number of hydrogen-bond acceptors (Lipinski definition) is 1. The van der Waals surface area contributed by atoms with Crippen LogP contribution in [0.2, 0.25) is 0 Å². The third kappa shape index (κ3) is 2.78. The van der Waals surface area contributed by atoms with Crippen molar-refractivity contribution in [1.82, 2.24) is 4.90 Å². The topological polar surface area (TPSA) is 53.1 Å². The summed E-state index contributed by atoms with van der Waals surface area (Å²) in [6, 6.07) is 0.285. The van der Waals surface area contributed by atoms with E-state index in [1.807, 2.05) is 18.7 Å². The molecule has 0 aliphatic rings. The monoisotopic (exact) mass is 157 g/mol. The summed E-state index contributed by atoms with van der Waals surface area (Å²) in [5, 5.41) is 7.34. The highest BCUT2D eigenvalue weighted by Gasteiger charge is 2.24. The van der Waals surface area contributed by atoms with Gasteiger partial charge >= 0.3 is 0 Å². The second-order valence-corrected chi connectivity index (χ2v) is 4.02. The van der Waals surface area contributed by atoms with Gasteiger partial charge in [0.1, 0.15) is 0 Å². The van der Waals surface area contributed by atoms with Crippen LogP contribution in [0.4, 0.5) is 0 Å². The smallest absolute Gasteiger partial charge is 0.189 e. The first kappa shape index (κ1) is 10.3. The fourth-order valence-corrected chi connectivity index (χ4v) is 1.41. The first-order valence-electron chi connectivity index (χ1n) is 3.90. The van der Waals surface area contributed by atoms with E-state index in [9.17, 15) is 0 Å². The van der Waals surface area contributed by atoms with Crippen molar-refractivity contribution >= 4 is 5.96 Å². The molecule has 11 heavy (non-hydrogen) atoms. The van der Waals surface area contributed by atoms with Gasteiger partial charge in [0.15, 0.2) is 5.96 Å². The fourth-order valence-electron chi connectivity index (χ4n) is 1.41. The van der Waals surface area contributed by atoms with E-state index < -0.39 is 0 Å². The van der Waals surface area contributed by atoms with Crippen LogP contribution in [0, 0.1) is 5.41 Å². The second-order valence-electron chi connectivity index (χ2n) is 4.02. The Bertz CT molecular complexity index is 144. The quantitative estimate of drug-likeness (QED) is 0.446. The number of hydrogen-bond donors (Lipinski definition) is 2. The van der Waals surface area contributed by atoms with E-state index in [1.54, 1.807) is 0 Å². The molecule has 0 aromatic heterocycles. The molecular weight excluding hydrogens is 138 g/mol. The predicted molar refractivity (Wildman–Crippen MR) is 48.6 cm³/mol. The van der Waals surface area contributed by atoms with Gasteiger partial charge in [0, 0.05) is 11.6 Å². The summed E-state index contributed by atoms with van der Waals surface area (Å²) in [5.41, 5.74) is 5.38. The van der Waals surface area contributed by atoms with Crippen LogP contribution in [0.5, 0.6) is 0 Å². The van der Waals surface area contributed by atoms with Gasteiger partial charge in [0.2, 0.25) is 0 Å². The summed E-state index contributed by atoms with van der Waals surface area (Å²) >= 11 is 0. The molecule has 0 saturated carbocycles. The van der Waals surface area contributed by atoms with E-state index in [-0.39, 0.29) is 17.5 Å². The summed E-state index contributed by atoms with van der Waals surface area (Å²) in [6.45, 7) is 10.2. The maximum Gasteiger partial charge on any atom is 0.189 e. The largest absolute Gasteiger partial charge is 0.370 e. The Morgan fingerprint density at radius 3 is 1.73 bits per heavy atom. The lowest BCUT2D eigenvalue weighted by atomic mass is 10.0. The van der Waals surface area contributed by atoms with Crippen LogP contribution in [0.15, 0.2) is 0 Å². The first-order chi connectivity index (χ1) is 4.76. The summed E-state index contributed by atoms with van der Waals surface area (Å²) in [5.74, 6) is 0.146. The zero-order chi connectivity index (χ0) is 9.23. The molecule has 0 aliphatic carbocycles. The van der Waals surface area contributed by atoms with Gasteiger partial charge in [-0.3, -0.25) is 5.41 Å². The lowest BCUT2D eigenvalue weighted by molar-refractivity contribution is 0.192. The SMILES string of the molecule is CC(C)N(C(=N)N)C(C)(C)C. The minimum absolute atomic E-state index is 0.0556. The van der Waals surface area contributed by atoms with Crippen molar-refractivity contribution in [3.05, 3.63) is 0 Å². The Morgan fingerprint density at radius 2 is 1.73 bits per heavy atom. The van der Waals surface area contributed by atoms with Crippen LogP contribution in [-0.2, 0) is 0 Å². The van der Waals surface area contributed by atoms with Crippen LogP contribution in [0.25, 0.3) is 0 Å². The third-order valence-electron chi connectivity index (χ3n) is 1.50. The maximum atomic E-state index is 7.34. The average molecular weight is 157 g/mol. The van der Waals surface area contributed by atoms with Crippen LogP contribution in [0.1, 0.15) is 34.6 Å². The van der Waals surface area contributed by atoms with Gasteiger partial charge in [-0.2, -0.15) is 0 Å². The Labute approximate surface area is 69.1 Å². The molecule has 3 N–H and O–H groups in total. The van der Waals surface area contributed by atoms with Crippen molar-refractivity contribution in [3.8, 4) is 0 Å². The molecule has 0 spiro atoms. The molecule has 66 valence electrons. The Hall–Kier alpha value is -0.730. The highest BCUT2D eigenvalue weighted by molar-refractivity contribution is 5.75.